The molecule has 0 bridgehead atoms. The molecule has 1 fully saturated rings. The van der Waals surface area contributed by atoms with Crippen LogP contribution in [0.15, 0.2) is 0 Å². The predicted molar refractivity (Wildman–Crippen MR) is 38.8 cm³/mol. The molecule has 0 unspecified atom stereocenters. The van der Waals surface area contributed by atoms with Crippen molar-refractivity contribution in [2.75, 3.05) is 0 Å². The summed E-state index contributed by atoms with van der Waals surface area (Å²) in [6, 6.07) is 0. The van der Waals surface area contributed by atoms with Crippen LogP contribution >= 0.6 is 0 Å². The average molecular weight is 142 g/mol. The molecule has 0 saturated heterocycles. The van der Waals surface area contributed by atoms with Crippen LogP contribution in [-0.4, -0.2) is 11.1 Å². The normalized spacial score (nSPS) is 27.1. The van der Waals surface area contributed by atoms with E-state index < -0.39 is 11.4 Å². The van der Waals surface area contributed by atoms with Gasteiger partial charge in [0.2, 0.25) is 0 Å². The Morgan fingerprint density at radius 3 is 1.80 bits per heavy atom. The van der Waals surface area contributed by atoms with Crippen molar-refractivity contribution >= 4 is 5.97 Å². The fourth-order valence-electron chi connectivity index (χ4n) is 2.21. The number of carboxylic acid groups (broad SMARTS) is 1. The Hall–Kier alpha value is -0.530. The molecule has 1 aliphatic carbocycles. The zero-order valence-corrected chi connectivity index (χ0v) is 6.77. The first-order chi connectivity index (χ1) is 4.36. The lowest BCUT2D eigenvalue weighted by Gasteiger charge is -2.48. The van der Waals surface area contributed by atoms with E-state index in [4.69, 9.17) is 5.11 Å². The second-order valence-corrected chi connectivity index (χ2v) is 4.38. The van der Waals surface area contributed by atoms with Crippen LogP contribution in [0.3, 0.4) is 0 Å². The monoisotopic (exact) mass is 142 g/mol. The molecule has 58 valence electrons. The molecule has 2 heteroatoms. The lowest BCUT2D eigenvalue weighted by Crippen LogP contribution is -2.46. The Labute approximate surface area is 61.2 Å². The largest absolute Gasteiger partial charge is 0.481 e. The summed E-state index contributed by atoms with van der Waals surface area (Å²) in [7, 11) is 0. The molecule has 0 amide bonds. The van der Waals surface area contributed by atoms with E-state index in [-0.39, 0.29) is 5.41 Å². The van der Waals surface area contributed by atoms with Crippen molar-refractivity contribution in [3.63, 3.8) is 0 Å². The number of carbonyl (C=O) groups is 1. The second kappa shape index (κ2) is 1.74. The third-order valence-corrected chi connectivity index (χ3v) is 2.25. The zero-order chi connectivity index (χ0) is 7.99. The zero-order valence-electron chi connectivity index (χ0n) is 6.77. The number of aliphatic carboxylic acids is 1. The molecular formula is C8H14O2. The van der Waals surface area contributed by atoms with Gasteiger partial charge in [-0.05, 0) is 25.2 Å². The van der Waals surface area contributed by atoms with E-state index in [1.807, 2.05) is 6.92 Å². The summed E-state index contributed by atoms with van der Waals surface area (Å²) in [5.74, 6) is -0.646. The van der Waals surface area contributed by atoms with Crippen LogP contribution in [0.5, 0.6) is 0 Å². The first-order valence-corrected chi connectivity index (χ1v) is 3.59. The van der Waals surface area contributed by atoms with Crippen molar-refractivity contribution in [3.8, 4) is 0 Å². The summed E-state index contributed by atoms with van der Waals surface area (Å²) in [6.07, 6.45) is 1.63. The summed E-state index contributed by atoms with van der Waals surface area (Å²) in [6.45, 7) is 6.04. The molecule has 10 heavy (non-hydrogen) atoms. The minimum Gasteiger partial charge on any atom is -0.481 e. The van der Waals surface area contributed by atoms with Crippen molar-refractivity contribution in [2.45, 2.75) is 33.6 Å². The fourth-order valence-corrected chi connectivity index (χ4v) is 2.21. The Kier molecular flexibility index (Phi) is 1.32. The molecule has 0 aromatic rings. The van der Waals surface area contributed by atoms with Crippen molar-refractivity contribution in [3.05, 3.63) is 0 Å². The molecular weight excluding hydrogens is 128 g/mol. The van der Waals surface area contributed by atoms with Crippen molar-refractivity contribution in [1.82, 2.24) is 0 Å². The van der Waals surface area contributed by atoms with Gasteiger partial charge < -0.3 is 5.11 Å². The van der Waals surface area contributed by atoms with Crippen LogP contribution in [0.25, 0.3) is 0 Å². The molecule has 2 nitrogen and oxygen atoms in total. The van der Waals surface area contributed by atoms with E-state index in [1.54, 1.807) is 0 Å². The molecule has 0 spiro atoms. The van der Waals surface area contributed by atoms with Gasteiger partial charge in [-0.15, -0.1) is 0 Å². The van der Waals surface area contributed by atoms with Crippen LogP contribution in [0.4, 0.5) is 0 Å². The van der Waals surface area contributed by atoms with E-state index >= 15 is 0 Å². The molecule has 1 saturated carbocycles. The fraction of sp³-hybridized carbons (Fsp3) is 0.875. The van der Waals surface area contributed by atoms with Crippen LogP contribution in [0, 0.1) is 10.8 Å². The van der Waals surface area contributed by atoms with Gasteiger partial charge >= 0.3 is 5.97 Å². The molecule has 1 rings (SSSR count). The van der Waals surface area contributed by atoms with Gasteiger partial charge in [0.25, 0.3) is 0 Å². The standard InChI is InChI=1S/C8H14O2/c1-7(2)4-8(3,5-7)6(9)10/h4-5H2,1-3H3,(H,9,10). The van der Waals surface area contributed by atoms with Crippen molar-refractivity contribution in [1.29, 1.82) is 0 Å². The SMILES string of the molecule is CC1(C)CC(C)(C(=O)O)C1. The highest BCUT2D eigenvalue weighted by Crippen LogP contribution is 2.53. The molecule has 0 aromatic heterocycles. The number of carboxylic acids is 1. The topological polar surface area (TPSA) is 37.3 Å². The van der Waals surface area contributed by atoms with Crippen molar-refractivity contribution < 1.29 is 9.90 Å². The summed E-state index contributed by atoms with van der Waals surface area (Å²) in [5.41, 5.74) is -0.170. The highest BCUT2D eigenvalue weighted by Gasteiger charge is 2.50. The summed E-state index contributed by atoms with van der Waals surface area (Å²) < 4.78 is 0. The van der Waals surface area contributed by atoms with Crippen LogP contribution in [0.1, 0.15) is 33.6 Å². The van der Waals surface area contributed by atoms with Gasteiger partial charge in [-0.2, -0.15) is 0 Å². The Morgan fingerprint density at radius 2 is 1.70 bits per heavy atom. The lowest BCUT2D eigenvalue weighted by atomic mass is 9.55. The van der Waals surface area contributed by atoms with Gasteiger partial charge in [-0.25, -0.2) is 0 Å². The minimum absolute atomic E-state index is 0.257. The quantitative estimate of drug-likeness (QED) is 0.607. The predicted octanol–water partition coefficient (Wildman–Crippen LogP) is 1.90. The molecule has 0 atom stereocenters. The molecule has 1 aliphatic rings. The molecule has 0 radical (unpaired) electrons. The lowest BCUT2D eigenvalue weighted by molar-refractivity contribution is -0.161. The molecule has 0 aliphatic heterocycles. The third-order valence-electron chi connectivity index (χ3n) is 2.25. The van der Waals surface area contributed by atoms with Gasteiger partial charge in [0, 0.05) is 0 Å². The maximum Gasteiger partial charge on any atom is 0.309 e. The van der Waals surface area contributed by atoms with Crippen molar-refractivity contribution in [2.24, 2.45) is 10.8 Å². The van der Waals surface area contributed by atoms with Crippen LogP contribution in [0.2, 0.25) is 0 Å². The minimum atomic E-state index is -0.646. The van der Waals surface area contributed by atoms with E-state index in [9.17, 15) is 4.79 Å². The van der Waals surface area contributed by atoms with E-state index in [0.717, 1.165) is 12.8 Å². The maximum atomic E-state index is 10.6. The van der Waals surface area contributed by atoms with E-state index in [0.29, 0.717) is 0 Å². The summed E-state index contributed by atoms with van der Waals surface area (Å²) >= 11 is 0. The van der Waals surface area contributed by atoms with E-state index in [1.165, 1.54) is 0 Å². The number of hydrogen-bond acceptors (Lipinski definition) is 1. The first-order valence-electron chi connectivity index (χ1n) is 3.59. The highest BCUT2D eigenvalue weighted by molar-refractivity contribution is 5.75. The molecule has 1 N–H and O–H groups in total. The highest BCUT2D eigenvalue weighted by atomic mass is 16.4. The average Bonchev–Trinajstić information content (AvgIpc) is 1.59. The summed E-state index contributed by atoms with van der Waals surface area (Å²) in [4.78, 5) is 10.6. The Bertz CT molecular complexity index is 162. The maximum absolute atomic E-state index is 10.6. The van der Waals surface area contributed by atoms with Gasteiger partial charge in [0.05, 0.1) is 5.41 Å². The van der Waals surface area contributed by atoms with Gasteiger partial charge in [-0.1, -0.05) is 13.8 Å². The van der Waals surface area contributed by atoms with Gasteiger partial charge in [0.1, 0.15) is 0 Å². The molecule has 0 aromatic carbocycles. The Balaban J connectivity index is 2.58. The van der Waals surface area contributed by atoms with E-state index in [2.05, 4.69) is 13.8 Å². The number of rotatable bonds is 1. The van der Waals surface area contributed by atoms with Crippen LogP contribution < -0.4 is 0 Å². The van der Waals surface area contributed by atoms with Crippen LogP contribution in [-0.2, 0) is 4.79 Å². The smallest absolute Gasteiger partial charge is 0.309 e. The first kappa shape index (κ1) is 7.58. The van der Waals surface area contributed by atoms with Gasteiger partial charge in [0.15, 0.2) is 0 Å². The Morgan fingerprint density at radius 1 is 1.30 bits per heavy atom. The molecule has 0 heterocycles. The number of hydrogen-bond donors (Lipinski definition) is 1. The van der Waals surface area contributed by atoms with Gasteiger partial charge in [-0.3, -0.25) is 4.79 Å². The summed E-state index contributed by atoms with van der Waals surface area (Å²) in [5, 5.41) is 8.72. The third kappa shape index (κ3) is 1.02. The second-order valence-electron chi connectivity index (χ2n) is 4.38.